The van der Waals surface area contributed by atoms with Gasteiger partial charge in [0.1, 0.15) is 0 Å². The van der Waals surface area contributed by atoms with Gasteiger partial charge in [-0.05, 0) is 49.7 Å². The van der Waals surface area contributed by atoms with E-state index in [1.54, 1.807) is 0 Å². The highest BCUT2D eigenvalue weighted by Crippen LogP contribution is 2.45. The van der Waals surface area contributed by atoms with E-state index in [1.807, 2.05) is 0 Å². The first kappa shape index (κ1) is 12.6. The highest BCUT2D eigenvalue weighted by Gasteiger charge is 2.38. The van der Waals surface area contributed by atoms with Crippen molar-refractivity contribution in [1.29, 1.82) is 0 Å². The molecule has 1 nitrogen and oxygen atoms in total. The summed E-state index contributed by atoms with van der Waals surface area (Å²) in [6, 6.07) is 6.69. The maximum absolute atomic E-state index is 6.71. The fourth-order valence-corrected chi connectivity index (χ4v) is 3.52. The topological polar surface area (TPSA) is 26.0 Å². The van der Waals surface area contributed by atoms with Gasteiger partial charge in [-0.15, -0.1) is 0 Å². The highest BCUT2D eigenvalue weighted by atomic mass is 14.8. The van der Waals surface area contributed by atoms with E-state index >= 15 is 0 Å². The molecule has 0 saturated heterocycles. The summed E-state index contributed by atoms with van der Waals surface area (Å²) in [4.78, 5) is 0. The lowest BCUT2D eigenvalue weighted by atomic mass is 9.65. The molecule has 1 fully saturated rings. The van der Waals surface area contributed by atoms with E-state index in [0.29, 0.717) is 5.41 Å². The molecule has 0 amide bonds. The number of hydrogen-bond donors (Lipinski definition) is 1. The lowest BCUT2D eigenvalue weighted by Crippen LogP contribution is -2.44. The van der Waals surface area contributed by atoms with Crippen LogP contribution in [0.2, 0.25) is 0 Å². The number of benzene rings is 1. The van der Waals surface area contributed by atoms with Gasteiger partial charge in [-0.2, -0.15) is 0 Å². The average Bonchev–Trinajstić information content (AvgIpc) is 2.14. The van der Waals surface area contributed by atoms with Crippen LogP contribution in [0.4, 0.5) is 0 Å². The van der Waals surface area contributed by atoms with Crippen molar-refractivity contribution < 1.29 is 0 Å². The fourth-order valence-electron chi connectivity index (χ4n) is 3.52. The molecule has 94 valence electrons. The van der Waals surface area contributed by atoms with Crippen LogP contribution in [-0.2, 0) is 5.54 Å². The molecule has 17 heavy (non-hydrogen) atoms. The predicted octanol–water partition coefficient (Wildman–Crippen LogP) is 4.06. The van der Waals surface area contributed by atoms with E-state index < -0.39 is 0 Å². The first-order valence-corrected chi connectivity index (χ1v) is 6.69. The Labute approximate surface area is 105 Å². The zero-order valence-corrected chi connectivity index (χ0v) is 11.6. The Balaban J connectivity index is 2.37. The second kappa shape index (κ2) is 4.13. The van der Waals surface area contributed by atoms with Gasteiger partial charge in [0.15, 0.2) is 0 Å². The molecular formula is C16H25N. The van der Waals surface area contributed by atoms with Gasteiger partial charge in [0.25, 0.3) is 0 Å². The minimum atomic E-state index is -0.112. The van der Waals surface area contributed by atoms with Crippen LogP contribution >= 0.6 is 0 Å². The van der Waals surface area contributed by atoms with Crippen LogP contribution < -0.4 is 5.73 Å². The van der Waals surface area contributed by atoms with Crippen molar-refractivity contribution in [2.45, 2.75) is 58.9 Å². The normalized spacial score (nSPS) is 28.1. The zero-order valence-electron chi connectivity index (χ0n) is 11.6. The van der Waals surface area contributed by atoms with Gasteiger partial charge in [0.2, 0.25) is 0 Å². The lowest BCUT2D eigenvalue weighted by molar-refractivity contribution is 0.151. The third-order valence-corrected chi connectivity index (χ3v) is 4.19. The van der Waals surface area contributed by atoms with Crippen molar-refractivity contribution in [3.05, 3.63) is 34.9 Å². The Morgan fingerprint density at radius 2 is 1.82 bits per heavy atom. The largest absolute Gasteiger partial charge is 0.321 e. The summed E-state index contributed by atoms with van der Waals surface area (Å²) < 4.78 is 0. The molecule has 1 aliphatic carbocycles. The minimum absolute atomic E-state index is 0.112. The van der Waals surface area contributed by atoms with Crippen molar-refractivity contribution >= 4 is 0 Å². The Kier molecular flexibility index (Phi) is 3.07. The van der Waals surface area contributed by atoms with Crippen molar-refractivity contribution in [3.63, 3.8) is 0 Å². The third kappa shape index (κ3) is 2.55. The van der Waals surface area contributed by atoms with Gasteiger partial charge in [0, 0.05) is 5.54 Å². The van der Waals surface area contributed by atoms with Gasteiger partial charge in [-0.3, -0.25) is 0 Å². The second-order valence-electron chi connectivity index (χ2n) is 6.67. The first-order valence-electron chi connectivity index (χ1n) is 6.69. The first-order chi connectivity index (χ1) is 7.82. The van der Waals surface area contributed by atoms with Crippen LogP contribution in [0, 0.1) is 19.3 Å². The summed E-state index contributed by atoms with van der Waals surface area (Å²) in [5.74, 6) is 0. The molecule has 1 saturated carbocycles. The van der Waals surface area contributed by atoms with E-state index in [-0.39, 0.29) is 5.54 Å². The molecule has 2 rings (SSSR count). The standard InChI is InChI=1S/C16H25N/c1-12-6-7-14(13(2)10-12)16(17)9-5-8-15(3,4)11-16/h6-7,10H,5,8-9,11,17H2,1-4H3. The van der Waals surface area contributed by atoms with E-state index in [4.69, 9.17) is 5.73 Å². The zero-order chi connectivity index (χ0) is 12.7. The molecule has 1 heteroatoms. The van der Waals surface area contributed by atoms with Gasteiger partial charge in [-0.1, -0.05) is 44.0 Å². The van der Waals surface area contributed by atoms with E-state index in [2.05, 4.69) is 45.9 Å². The minimum Gasteiger partial charge on any atom is -0.321 e. The molecular weight excluding hydrogens is 206 g/mol. The Bertz CT molecular complexity index is 420. The molecule has 1 aliphatic rings. The Morgan fingerprint density at radius 3 is 2.41 bits per heavy atom. The number of hydrogen-bond acceptors (Lipinski definition) is 1. The van der Waals surface area contributed by atoms with E-state index in [1.165, 1.54) is 29.5 Å². The quantitative estimate of drug-likeness (QED) is 0.775. The van der Waals surface area contributed by atoms with E-state index in [0.717, 1.165) is 12.8 Å². The molecule has 1 unspecified atom stereocenters. The predicted molar refractivity (Wildman–Crippen MR) is 74.0 cm³/mol. The summed E-state index contributed by atoms with van der Waals surface area (Å²) in [6.45, 7) is 9.03. The summed E-state index contributed by atoms with van der Waals surface area (Å²) in [5, 5.41) is 0. The number of aryl methyl sites for hydroxylation is 2. The summed E-state index contributed by atoms with van der Waals surface area (Å²) in [5.41, 5.74) is 11.0. The van der Waals surface area contributed by atoms with Crippen molar-refractivity contribution in [3.8, 4) is 0 Å². The van der Waals surface area contributed by atoms with Crippen molar-refractivity contribution in [1.82, 2.24) is 0 Å². The third-order valence-electron chi connectivity index (χ3n) is 4.19. The monoisotopic (exact) mass is 231 g/mol. The molecule has 0 spiro atoms. The average molecular weight is 231 g/mol. The summed E-state index contributed by atoms with van der Waals surface area (Å²) >= 11 is 0. The molecule has 0 radical (unpaired) electrons. The summed E-state index contributed by atoms with van der Waals surface area (Å²) in [7, 11) is 0. The molecule has 0 bridgehead atoms. The molecule has 1 aromatic rings. The Hall–Kier alpha value is -0.820. The lowest BCUT2D eigenvalue weighted by Gasteiger charge is -2.43. The summed E-state index contributed by atoms with van der Waals surface area (Å²) in [6.07, 6.45) is 4.78. The van der Waals surface area contributed by atoms with E-state index in [9.17, 15) is 0 Å². The van der Waals surface area contributed by atoms with Crippen molar-refractivity contribution in [2.24, 2.45) is 11.1 Å². The van der Waals surface area contributed by atoms with Gasteiger partial charge >= 0.3 is 0 Å². The van der Waals surface area contributed by atoms with Gasteiger partial charge in [0.05, 0.1) is 0 Å². The molecule has 2 N–H and O–H groups in total. The molecule has 0 aliphatic heterocycles. The van der Waals surface area contributed by atoms with Crippen LogP contribution in [-0.4, -0.2) is 0 Å². The number of rotatable bonds is 1. The van der Waals surface area contributed by atoms with Gasteiger partial charge < -0.3 is 5.73 Å². The maximum Gasteiger partial charge on any atom is 0.0417 e. The van der Waals surface area contributed by atoms with Crippen LogP contribution in [0.25, 0.3) is 0 Å². The van der Waals surface area contributed by atoms with Crippen LogP contribution in [0.1, 0.15) is 56.2 Å². The van der Waals surface area contributed by atoms with Crippen LogP contribution in [0.15, 0.2) is 18.2 Å². The fraction of sp³-hybridized carbons (Fsp3) is 0.625. The smallest absolute Gasteiger partial charge is 0.0417 e. The molecule has 1 atom stereocenters. The maximum atomic E-state index is 6.71. The molecule has 0 aromatic heterocycles. The SMILES string of the molecule is Cc1ccc(C2(N)CCCC(C)(C)C2)c(C)c1. The molecule has 0 heterocycles. The molecule has 1 aromatic carbocycles. The van der Waals surface area contributed by atoms with Crippen molar-refractivity contribution in [2.75, 3.05) is 0 Å². The Morgan fingerprint density at radius 1 is 1.12 bits per heavy atom. The number of nitrogens with two attached hydrogens (primary N) is 1. The van der Waals surface area contributed by atoms with Crippen LogP contribution in [0.5, 0.6) is 0 Å². The van der Waals surface area contributed by atoms with Gasteiger partial charge in [-0.25, -0.2) is 0 Å². The van der Waals surface area contributed by atoms with Crippen LogP contribution in [0.3, 0.4) is 0 Å². The second-order valence-corrected chi connectivity index (χ2v) is 6.67. The highest BCUT2D eigenvalue weighted by molar-refractivity contribution is 5.36.